The number of benzene rings is 2. The van der Waals surface area contributed by atoms with Crippen molar-refractivity contribution in [3.8, 4) is 0 Å². The second kappa shape index (κ2) is 7.01. The summed E-state index contributed by atoms with van der Waals surface area (Å²) in [5.74, 6) is -0.379. The van der Waals surface area contributed by atoms with E-state index in [-0.39, 0.29) is 21.4 Å². The van der Waals surface area contributed by atoms with Gasteiger partial charge < -0.3 is 4.90 Å². The topological polar surface area (TPSA) is 66.5 Å². The van der Waals surface area contributed by atoms with Gasteiger partial charge in [0.1, 0.15) is 0 Å². The van der Waals surface area contributed by atoms with Crippen LogP contribution in [-0.2, 0) is 10.0 Å². The number of rotatable bonds is 4. The minimum atomic E-state index is -3.88. The fourth-order valence-corrected chi connectivity index (χ4v) is 3.40. The van der Waals surface area contributed by atoms with E-state index in [9.17, 15) is 13.2 Å². The number of amides is 1. The first-order valence-electron chi connectivity index (χ1n) is 6.92. The van der Waals surface area contributed by atoms with Gasteiger partial charge in [0.15, 0.2) is 0 Å². The second-order valence-electron chi connectivity index (χ2n) is 5.41. The summed E-state index contributed by atoms with van der Waals surface area (Å²) in [6, 6.07) is 8.82. The molecule has 0 heterocycles. The van der Waals surface area contributed by atoms with Gasteiger partial charge in [-0.3, -0.25) is 9.52 Å². The number of aryl methyl sites for hydroxylation is 1. The Bertz CT molecular complexity index is 896. The van der Waals surface area contributed by atoms with Crippen molar-refractivity contribution in [2.75, 3.05) is 18.8 Å². The largest absolute Gasteiger partial charge is 0.345 e. The number of sulfonamides is 1. The highest BCUT2D eigenvalue weighted by molar-refractivity contribution is 7.92. The van der Waals surface area contributed by atoms with E-state index in [0.29, 0.717) is 10.7 Å². The summed E-state index contributed by atoms with van der Waals surface area (Å²) >= 11 is 12.0. The summed E-state index contributed by atoms with van der Waals surface area (Å²) in [4.78, 5) is 13.4. The van der Waals surface area contributed by atoms with Crippen molar-refractivity contribution < 1.29 is 13.2 Å². The van der Waals surface area contributed by atoms with Crippen molar-refractivity contribution in [1.82, 2.24) is 4.90 Å². The molecule has 2 aromatic carbocycles. The highest BCUT2D eigenvalue weighted by Crippen LogP contribution is 2.25. The number of carbonyl (C=O) groups is 1. The van der Waals surface area contributed by atoms with Gasteiger partial charge in [-0.2, -0.15) is 0 Å². The molecule has 128 valence electrons. The molecule has 2 aromatic rings. The number of carbonyl (C=O) groups excluding carboxylic acids is 1. The van der Waals surface area contributed by atoms with Crippen molar-refractivity contribution in [1.29, 1.82) is 0 Å². The molecule has 0 atom stereocenters. The number of anilines is 1. The lowest BCUT2D eigenvalue weighted by Crippen LogP contribution is -2.22. The standard InChI is InChI=1S/C16H16Cl2N2O3S/c1-10-4-5-11(8-15(10)18)19-24(22,23)12-6-7-14(17)13(9-12)16(21)20(2)3/h4-9,19H,1-3H3. The third kappa shape index (κ3) is 4.01. The van der Waals surface area contributed by atoms with Crippen LogP contribution >= 0.6 is 23.2 Å². The fraction of sp³-hybridized carbons (Fsp3) is 0.188. The molecule has 1 amide bonds. The van der Waals surface area contributed by atoms with Gasteiger partial charge in [-0.15, -0.1) is 0 Å². The molecular formula is C16H16Cl2N2O3S. The SMILES string of the molecule is Cc1ccc(NS(=O)(=O)c2ccc(Cl)c(C(=O)N(C)C)c2)cc1Cl. The van der Waals surface area contributed by atoms with E-state index in [1.165, 1.54) is 29.2 Å². The third-order valence-corrected chi connectivity index (χ3v) is 5.42. The molecule has 0 aromatic heterocycles. The molecule has 1 N–H and O–H groups in total. The Balaban J connectivity index is 2.40. The van der Waals surface area contributed by atoms with Crippen LogP contribution < -0.4 is 4.72 Å². The van der Waals surface area contributed by atoms with Crippen molar-refractivity contribution >= 4 is 44.8 Å². The maximum Gasteiger partial charge on any atom is 0.261 e. The van der Waals surface area contributed by atoms with Crippen LogP contribution in [0.15, 0.2) is 41.3 Å². The molecule has 0 bridgehead atoms. The van der Waals surface area contributed by atoms with E-state index in [2.05, 4.69) is 4.72 Å². The average molecular weight is 387 g/mol. The van der Waals surface area contributed by atoms with E-state index < -0.39 is 10.0 Å². The third-order valence-electron chi connectivity index (χ3n) is 3.31. The molecule has 0 unspecified atom stereocenters. The Morgan fingerprint density at radius 2 is 1.71 bits per heavy atom. The number of nitrogens with one attached hydrogen (secondary N) is 1. The highest BCUT2D eigenvalue weighted by Gasteiger charge is 2.20. The molecule has 8 heteroatoms. The summed E-state index contributed by atoms with van der Waals surface area (Å²) in [6.07, 6.45) is 0. The lowest BCUT2D eigenvalue weighted by molar-refractivity contribution is 0.0827. The molecule has 0 aliphatic rings. The van der Waals surface area contributed by atoms with Crippen molar-refractivity contribution in [2.24, 2.45) is 0 Å². The van der Waals surface area contributed by atoms with Crippen LogP contribution in [0, 0.1) is 6.92 Å². The predicted molar refractivity (Wildman–Crippen MR) is 96.5 cm³/mol. The molecule has 0 aliphatic heterocycles. The number of hydrogen-bond donors (Lipinski definition) is 1. The normalized spacial score (nSPS) is 11.2. The average Bonchev–Trinajstić information content (AvgIpc) is 2.50. The van der Waals surface area contributed by atoms with Crippen LogP contribution in [-0.4, -0.2) is 33.3 Å². The van der Waals surface area contributed by atoms with Crippen LogP contribution in [0.1, 0.15) is 15.9 Å². The van der Waals surface area contributed by atoms with Gasteiger partial charge in [-0.05, 0) is 42.8 Å². The van der Waals surface area contributed by atoms with E-state index in [0.717, 1.165) is 5.56 Å². The van der Waals surface area contributed by atoms with Crippen LogP contribution in [0.4, 0.5) is 5.69 Å². The maximum atomic E-state index is 12.5. The summed E-state index contributed by atoms with van der Waals surface area (Å²) in [5.41, 5.74) is 1.29. The summed E-state index contributed by atoms with van der Waals surface area (Å²) in [5, 5.41) is 0.640. The number of hydrogen-bond acceptors (Lipinski definition) is 3. The van der Waals surface area contributed by atoms with Gasteiger partial charge in [0.05, 0.1) is 21.2 Å². The van der Waals surface area contributed by atoms with Gasteiger partial charge in [0.25, 0.3) is 15.9 Å². The zero-order valence-electron chi connectivity index (χ0n) is 13.3. The molecule has 0 radical (unpaired) electrons. The number of halogens is 2. The lowest BCUT2D eigenvalue weighted by Gasteiger charge is -2.14. The summed E-state index contributed by atoms with van der Waals surface area (Å²) < 4.78 is 27.5. The Morgan fingerprint density at radius 1 is 1.04 bits per heavy atom. The molecule has 24 heavy (non-hydrogen) atoms. The maximum absolute atomic E-state index is 12.5. The fourth-order valence-electron chi connectivity index (χ4n) is 1.95. The van der Waals surface area contributed by atoms with Gasteiger partial charge in [-0.25, -0.2) is 8.42 Å². The first-order chi connectivity index (χ1) is 11.1. The van der Waals surface area contributed by atoms with Gasteiger partial charge in [-0.1, -0.05) is 29.3 Å². The lowest BCUT2D eigenvalue weighted by atomic mass is 10.2. The van der Waals surface area contributed by atoms with E-state index in [1.54, 1.807) is 26.2 Å². The highest BCUT2D eigenvalue weighted by atomic mass is 35.5. The Kier molecular flexibility index (Phi) is 5.42. The Hall–Kier alpha value is -1.76. The smallest absolute Gasteiger partial charge is 0.261 e. The molecule has 0 fully saturated rings. The zero-order chi connectivity index (χ0) is 18.1. The Morgan fingerprint density at radius 3 is 2.29 bits per heavy atom. The quantitative estimate of drug-likeness (QED) is 0.868. The van der Waals surface area contributed by atoms with Crippen LogP contribution in [0.25, 0.3) is 0 Å². The second-order valence-corrected chi connectivity index (χ2v) is 7.91. The summed E-state index contributed by atoms with van der Waals surface area (Å²) in [6.45, 7) is 1.82. The van der Waals surface area contributed by atoms with E-state index in [1.807, 2.05) is 6.92 Å². The molecule has 0 spiro atoms. The first kappa shape index (κ1) is 18.6. The van der Waals surface area contributed by atoms with Crippen molar-refractivity contribution in [3.63, 3.8) is 0 Å². The number of nitrogens with zero attached hydrogens (tertiary/aromatic N) is 1. The predicted octanol–water partition coefficient (Wildman–Crippen LogP) is 3.80. The molecule has 0 aliphatic carbocycles. The first-order valence-corrected chi connectivity index (χ1v) is 9.16. The van der Waals surface area contributed by atoms with Gasteiger partial charge in [0.2, 0.25) is 0 Å². The van der Waals surface area contributed by atoms with Crippen molar-refractivity contribution in [3.05, 3.63) is 57.6 Å². The van der Waals surface area contributed by atoms with Crippen molar-refractivity contribution in [2.45, 2.75) is 11.8 Å². The minimum Gasteiger partial charge on any atom is -0.345 e. The van der Waals surface area contributed by atoms with E-state index in [4.69, 9.17) is 23.2 Å². The monoisotopic (exact) mass is 386 g/mol. The molecule has 5 nitrogen and oxygen atoms in total. The van der Waals surface area contributed by atoms with Gasteiger partial charge >= 0.3 is 0 Å². The zero-order valence-corrected chi connectivity index (χ0v) is 15.6. The molecule has 0 saturated heterocycles. The molecule has 0 saturated carbocycles. The van der Waals surface area contributed by atoms with Crippen LogP contribution in [0.3, 0.4) is 0 Å². The molecular weight excluding hydrogens is 371 g/mol. The van der Waals surface area contributed by atoms with Gasteiger partial charge in [0, 0.05) is 19.1 Å². The minimum absolute atomic E-state index is 0.0613. The van der Waals surface area contributed by atoms with E-state index >= 15 is 0 Å². The van der Waals surface area contributed by atoms with Crippen LogP contribution in [0.5, 0.6) is 0 Å². The Labute approximate surface area is 151 Å². The van der Waals surface area contributed by atoms with Crippen LogP contribution in [0.2, 0.25) is 10.0 Å². The molecule has 2 rings (SSSR count). The summed E-state index contributed by atoms with van der Waals surface area (Å²) in [7, 11) is -0.756.